The van der Waals surface area contributed by atoms with E-state index in [0.717, 1.165) is 22.4 Å². The van der Waals surface area contributed by atoms with Crippen LogP contribution in [0.15, 0.2) is 88.0 Å². The first-order valence-electron chi connectivity index (χ1n) is 11.6. The van der Waals surface area contributed by atoms with Crippen LogP contribution in [0.2, 0.25) is 0 Å². The number of rotatable bonds is 6. The Kier molecular flexibility index (Phi) is 6.49. The summed E-state index contributed by atoms with van der Waals surface area (Å²) in [4.78, 5) is 26.6. The van der Waals surface area contributed by atoms with E-state index in [9.17, 15) is 14.0 Å². The van der Waals surface area contributed by atoms with Crippen LogP contribution < -0.4 is 10.1 Å². The van der Waals surface area contributed by atoms with Crippen LogP contribution in [0.5, 0.6) is 5.75 Å². The molecule has 0 spiro atoms. The lowest BCUT2D eigenvalue weighted by atomic mass is 9.80. The molecule has 1 aliphatic heterocycles. The average Bonchev–Trinajstić information content (AvgIpc) is 3.15. The molecule has 0 bridgehead atoms. The number of benzene rings is 3. The van der Waals surface area contributed by atoms with E-state index in [1.54, 1.807) is 31.2 Å². The summed E-state index contributed by atoms with van der Waals surface area (Å²) < 4.78 is 25.2. The first kappa shape index (κ1) is 24.0. The molecule has 0 fully saturated rings. The highest BCUT2D eigenvalue weighted by Crippen LogP contribution is 2.47. The van der Waals surface area contributed by atoms with E-state index in [1.165, 1.54) is 12.1 Å². The third kappa shape index (κ3) is 4.24. The summed E-state index contributed by atoms with van der Waals surface area (Å²) in [5, 5.41) is 3.30. The number of esters is 1. The molecular weight excluding hydrogens is 525 g/mol. The summed E-state index contributed by atoms with van der Waals surface area (Å²) in [5.74, 6) is -0.895. The summed E-state index contributed by atoms with van der Waals surface area (Å²) in [6.45, 7) is 4.07. The van der Waals surface area contributed by atoms with Gasteiger partial charge >= 0.3 is 5.97 Å². The number of ketones is 1. The molecule has 3 aromatic carbocycles. The van der Waals surface area contributed by atoms with Gasteiger partial charge in [-0.05, 0) is 65.2 Å². The van der Waals surface area contributed by atoms with E-state index in [4.69, 9.17) is 9.47 Å². The summed E-state index contributed by atoms with van der Waals surface area (Å²) in [7, 11) is 0. The largest absolute Gasteiger partial charge is 0.488 e. The number of Topliss-reactive ketones (excluding diaryl/α,β-unsaturated/α-hetero) is 1. The van der Waals surface area contributed by atoms with Gasteiger partial charge in [0, 0.05) is 28.3 Å². The van der Waals surface area contributed by atoms with E-state index >= 15 is 0 Å². The smallest absolute Gasteiger partial charge is 0.336 e. The molecule has 1 aliphatic carbocycles. The van der Waals surface area contributed by atoms with Crippen molar-refractivity contribution in [1.29, 1.82) is 0 Å². The Labute approximate surface area is 216 Å². The molecule has 0 amide bonds. The van der Waals surface area contributed by atoms with Crippen molar-refractivity contribution < 1.29 is 23.5 Å². The van der Waals surface area contributed by atoms with Crippen molar-refractivity contribution in [2.75, 3.05) is 6.61 Å². The van der Waals surface area contributed by atoms with Crippen LogP contribution in [-0.4, -0.2) is 18.4 Å². The zero-order chi connectivity index (χ0) is 25.4. The van der Waals surface area contributed by atoms with Gasteiger partial charge in [0.15, 0.2) is 5.78 Å². The molecule has 7 heteroatoms. The number of hydrogen-bond acceptors (Lipinski definition) is 5. The van der Waals surface area contributed by atoms with E-state index in [2.05, 4.69) is 21.2 Å². The van der Waals surface area contributed by atoms with Gasteiger partial charge in [0.2, 0.25) is 0 Å². The predicted molar refractivity (Wildman–Crippen MR) is 138 cm³/mol. The van der Waals surface area contributed by atoms with Gasteiger partial charge in [-0.2, -0.15) is 0 Å². The molecule has 1 heterocycles. The molecule has 0 unspecified atom stereocenters. The zero-order valence-electron chi connectivity index (χ0n) is 19.7. The minimum atomic E-state index is -0.609. The molecule has 36 heavy (non-hydrogen) atoms. The van der Waals surface area contributed by atoms with Crippen molar-refractivity contribution in [3.05, 3.63) is 116 Å². The fourth-order valence-electron chi connectivity index (χ4n) is 4.70. The summed E-state index contributed by atoms with van der Waals surface area (Å²) in [6.07, 6.45) is 0. The molecule has 0 saturated heterocycles. The third-order valence-electron chi connectivity index (χ3n) is 6.34. The van der Waals surface area contributed by atoms with Crippen LogP contribution in [-0.2, 0) is 16.1 Å². The van der Waals surface area contributed by atoms with Crippen molar-refractivity contribution in [1.82, 2.24) is 5.32 Å². The molecule has 5 nitrogen and oxygen atoms in total. The van der Waals surface area contributed by atoms with Crippen molar-refractivity contribution in [2.24, 2.45) is 0 Å². The molecular formula is C29H23BrFNO4. The van der Waals surface area contributed by atoms with Crippen molar-refractivity contribution in [3.63, 3.8) is 0 Å². The van der Waals surface area contributed by atoms with Crippen LogP contribution in [0.3, 0.4) is 0 Å². The lowest BCUT2D eigenvalue weighted by molar-refractivity contribution is -0.138. The molecule has 0 radical (unpaired) electrons. The predicted octanol–water partition coefficient (Wildman–Crippen LogP) is 6.30. The lowest BCUT2D eigenvalue weighted by Gasteiger charge is -2.29. The highest BCUT2D eigenvalue weighted by Gasteiger charge is 2.43. The Hall–Kier alpha value is -3.71. The molecule has 1 N–H and O–H groups in total. The number of nitrogens with one attached hydrogen (secondary N) is 1. The number of halogens is 2. The highest BCUT2D eigenvalue weighted by atomic mass is 79.9. The number of hydrogen-bond donors (Lipinski definition) is 1. The Morgan fingerprint density at radius 3 is 2.47 bits per heavy atom. The minimum absolute atomic E-state index is 0.111. The fraction of sp³-hybridized carbons (Fsp3) is 0.172. The number of carbonyl (C=O) groups excluding carboxylic acids is 2. The standard InChI is InChI=1S/C29H23BrFNO4/c1-3-35-29(34)24-16(2)32-27-20-6-4-5-7-21(20)28(33)26(27)25(24)18-10-13-23(22(30)14-18)36-15-17-8-11-19(31)12-9-17/h4-14,25,32H,3,15H2,1-2H3/t25-/m1/s1. The van der Waals surface area contributed by atoms with Crippen LogP contribution in [0.4, 0.5) is 4.39 Å². The van der Waals surface area contributed by atoms with E-state index < -0.39 is 11.9 Å². The van der Waals surface area contributed by atoms with Gasteiger partial charge < -0.3 is 14.8 Å². The van der Waals surface area contributed by atoms with Crippen LogP contribution in [0.1, 0.15) is 46.8 Å². The molecule has 0 saturated carbocycles. The Bertz CT molecular complexity index is 1440. The Morgan fingerprint density at radius 2 is 1.78 bits per heavy atom. The lowest BCUT2D eigenvalue weighted by Crippen LogP contribution is -2.29. The topological polar surface area (TPSA) is 64.6 Å². The van der Waals surface area contributed by atoms with Crippen molar-refractivity contribution in [2.45, 2.75) is 26.4 Å². The fourth-order valence-corrected chi connectivity index (χ4v) is 5.21. The molecule has 1 atom stereocenters. The molecule has 3 aromatic rings. The maximum atomic E-state index is 13.5. The second-order valence-corrected chi connectivity index (χ2v) is 9.44. The Morgan fingerprint density at radius 1 is 1.06 bits per heavy atom. The van der Waals surface area contributed by atoms with E-state index in [0.29, 0.717) is 32.6 Å². The van der Waals surface area contributed by atoms with E-state index in [-0.39, 0.29) is 24.8 Å². The van der Waals surface area contributed by atoms with Gasteiger partial charge in [-0.3, -0.25) is 4.79 Å². The SMILES string of the molecule is CCOC(=O)C1=C(C)NC2=C(C(=O)c3ccccc32)[C@@H]1c1ccc(OCc2ccc(F)cc2)c(Br)c1. The average molecular weight is 548 g/mol. The second-order valence-electron chi connectivity index (χ2n) is 8.59. The molecule has 2 aliphatic rings. The van der Waals surface area contributed by atoms with Crippen LogP contribution >= 0.6 is 15.9 Å². The van der Waals surface area contributed by atoms with Crippen molar-refractivity contribution >= 4 is 33.4 Å². The normalized spacial score (nSPS) is 16.4. The molecule has 182 valence electrons. The highest BCUT2D eigenvalue weighted by molar-refractivity contribution is 9.10. The summed E-state index contributed by atoms with van der Waals surface area (Å²) >= 11 is 3.58. The van der Waals surface area contributed by atoms with Gasteiger partial charge in [-0.1, -0.05) is 42.5 Å². The van der Waals surface area contributed by atoms with Crippen LogP contribution in [0, 0.1) is 5.82 Å². The minimum Gasteiger partial charge on any atom is -0.488 e. The quantitative estimate of drug-likeness (QED) is 0.367. The second kappa shape index (κ2) is 9.74. The van der Waals surface area contributed by atoms with Crippen molar-refractivity contribution in [3.8, 4) is 5.75 Å². The number of dihydropyridines is 1. The van der Waals surface area contributed by atoms with Gasteiger partial charge in [-0.25, -0.2) is 9.18 Å². The first-order valence-corrected chi connectivity index (χ1v) is 12.4. The Balaban J connectivity index is 1.53. The zero-order valence-corrected chi connectivity index (χ0v) is 21.3. The van der Waals surface area contributed by atoms with Crippen LogP contribution in [0.25, 0.3) is 5.70 Å². The van der Waals surface area contributed by atoms with Gasteiger partial charge in [-0.15, -0.1) is 0 Å². The first-order chi connectivity index (χ1) is 17.4. The molecule has 0 aromatic heterocycles. The van der Waals surface area contributed by atoms with Gasteiger partial charge in [0.1, 0.15) is 18.2 Å². The third-order valence-corrected chi connectivity index (χ3v) is 6.96. The number of allylic oxidation sites excluding steroid dienone is 2. The maximum absolute atomic E-state index is 13.5. The number of fused-ring (bicyclic) bond motifs is 2. The summed E-state index contributed by atoms with van der Waals surface area (Å²) in [5.41, 5.74) is 5.32. The summed E-state index contributed by atoms with van der Waals surface area (Å²) in [6, 6.07) is 19.1. The number of carbonyl (C=O) groups is 2. The number of ether oxygens (including phenoxy) is 2. The van der Waals surface area contributed by atoms with E-state index in [1.807, 2.05) is 37.3 Å². The maximum Gasteiger partial charge on any atom is 0.336 e. The van der Waals surface area contributed by atoms with Gasteiger partial charge in [0.25, 0.3) is 0 Å². The van der Waals surface area contributed by atoms with Gasteiger partial charge in [0.05, 0.1) is 22.3 Å². The molecule has 5 rings (SSSR count). The monoisotopic (exact) mass is 547 g/mol.